The summed E-state index contributed by atoms with van der Waals surface area (Å²) in [5.74, 6) is 2.33. The number of nitrogens with zero attached hydrogens (tertiary/aromatic N) is 2. The molecule has 2 aliphatic rings. The lowest BCUT2D eigenvalue weighted by Crippen LogP contribution is -2.69. The maximum Gasteiger partial charge on any atom is 0.261 e. The number of nitrogens with one attached hydrogen (secondary N) is 1. The summed E-state index contributed by atoms with van der Waals surface area (Å²) in [7, 11) is 0.608. The highest BCUT2D eigenvalue weighted by Crippen LogP contribution is 2.42. The van der Waals surface area contributed by atoms with Gasteiger partial charge in [-0.05, 0) is 70.1 Å². The zero-order valence-electron chi connectivity index (χ0n) is 30.6. The first-order valence-electron chi connectivity index (χ1n) is 18.0. The van der Waals surface area contributed by atoms with E-state index in [4.69, 9.17) is 30.4 Å². The number of nitrogens with two attached hydrogens (primary N) is 2. The summed E-state index contributed by atoms with van der Waals surface area (Å²) in [4.78, 5) is 7.05. The Bertz CT molecular complexity index is 1700. The fraction of sp³-hybridized carbons (Fsp3) is 0.357. The second-order valence-corrected chi connectivity index (χ2v) is 19.1. The maximum atomic E-state index is 7.62. The van der Waals surface area contributed by atoms with Crippen LogP contribution in [0.5, 0.6) is 11.5 Å². The summed E-state index contributed by atoms with van der Waals surface area (Å²) in [6.07, 6.45) is 5.43. The number of benzene rings is 4. The minimum atomic E-state index is -2.75. The monoisotopic (exact) mass is 703 g/mol. The molecule has 4 aromatic rings. The van der Waals surface area contributed by atoms with Crippen molar-refractivity contribution in [2.45, 2.75) is 76.3 Å². The van der Waals surface area contributed by atoms with Crippen LogP contribution in [-0.2, 0) is 17.5 Å². The van der Waals surface area contributed by atoms with Crippen LogP contribution in [0.2, 0.25) is 5.04 Å². The number of aliphatic imine (C=N–C) groups is 1. The van der Waals surface area contributed by atoms with E-state index >= 15 is 0 Å². The van der Waals surface area contributed by atoms with Crippen LogP contribution in [-0.4, -0.2) is 45.5 Å². The smallest absolute Gasteiger partial charge is 0.261 e. The van der Waals surface area contributed by atoms with E-state index in [0.29, 0.717) is 24.6 Å². The van der Waals surface area contributed by atoms with Crippen molar-refractivity contribution in [2.24, 2.45) is 22.4 Å². The third-order valence-corrected chi connectivity index (χ3v) is 15.7. The van der Waals surface area contributed by atoms with Crippen LogP contribution in [0.1, 0.15) is 57.6 Å². The van der Waals surface area contributed by atoms with Crippen molar-refractivity contribution in [1.29, 1.82) is 0 Å². The normalized spacial score (nSPS) is 20.8. The molecule has 3 unspecified atom stereocenters. The quantitative estimate of drug-likeness (QED) is 0.150. The molecule has 0 radical (unpaired) electrons. The molecule has 1 saturated carbocycles. The third kappa shape index (κ3) is 7.56. The number of rotatable bonds is 12. The minimum absolute atomic E-state index is 0.0158. The Balaban J connectivity index is 1.32. The average molecular weight is 704 g/mol. The molecule has 0 amide bonds. The average Bonchev–Trinajstić information content (AvgIpc) is 3.15. The van der Waals surface area contributed by atoms with Crippen LogP contribution >= 0.6 is 0 Å². The Morgan fingerprint density at radius 1 is 0.784 bits per heavy atom. The van der Waals surface area contributed by atoms with Gasteiger partial charge in [-0.25, -0.2) is 4.99 Å². The number of methoxy groups -OCH3 is 2. The first kappa shape index (κ1) is 36.2. The van der Waals surface area contributed by atoms with Gasteiger partial charge in [0, 0.05) is 25.1 Å². The first-order valence-corrected chi connectivity index (χ1v) is 19.9. The van der Waals surface area contributed by atoms with E-state index in [1.165, 1.54) is 10.4 Å². The molecule has 4 aromatic carbocycles. The molecule has 8 nitrogen and oxygen atoms in total. The molecule has 0 aromatic heterocycles. The molecular formula is C42H53N5O3Si. The van der Waals surface area contributed by atoms with Crippen LogP contribution < -0.4 is 36.6 Å². The van der Waals surface area contributed by atoms with E-state index in [9.17, 15) is 0 Å². The van der Waals surface area contributed by atoms with Crippen molar-refractivity contribution in [3.63, 3.8) is 0 Å². The van der Waals surface area contributed by atoms with Gasteiger partial charge in [0.25, 0.3) is 8.32 Å². The second-order valence-electron chi connectivity index (χ2n) is 14.8. The molecular weight excluding hydrogens is 651 g/mol. The Hall–Kier alpha value is -4.57. The summed E-state index contributed by atoms with van der Waals surface area (Å²) < 4.78 is 18.5. The highest BCUT2D eigenvalue weighted by atomic mass is 28.4. The molecule has 6 rings (SSSR count). The van der Waals surface area contributed by atoms with Gasteiger partial charge in [-0.2, -0.15) is 0 Å². The Labute approximate surface area is 304 Å². The molecule has 1 aliphatic carbocycles. The van der Waals surface area contributed by atoms with Crippen LogP contribution in [0.3, 0.4) is 0 Å². The van der Waals surface area contributed by atoms with Crippen molar-refractivity contribution in [1.82, 2.24) is 10.2 Å². The highest BCUT2D eigenvalue weighted by Gasteiger charge is 2.53. The van der Waals surface area contributed by atoms with Crippen molar-refractivity contribution in [3.8, 4) is 11.5 Å². The molecule has 1 heterocycles. The summed E-state index contributed by atoms with van der Waals surface area (Å²) in [5, 5.41) is 5.88. The molecule has 9 heteroatoms. The van der Waals surface area contributed by atoms with Gasteiger partial charge >= 0.3 is 0 Å². The fourth-order valence-corrected chi connectivity index (χ4v) is 12.6. The maximum absolute atomic E-state index is 7.62. The zero-order valence-corrected chi connectivity index (χ0v) is 31.6. The molecule has 268 valence electrons. The van der Waals surface area contributed by atoms with Gasteiger partial charge < -0.3 is 35.6 Å². The number of hydrogen-bond donors (Lipinski definition) is 3. The highest BCUT2D eigenvalue weighted by molar-refractivity contribution is 6.99. The van der Waals surface area contributed by atoms with E-state index in [1.54, 1.807) is 20.6 Å². The van der Waals surface area contributed by atoms with E-state index in [2.05, 4.69) is 116 Å². The van der Waals surface area contributed by atoms with Gasteiger partial charge in [-0.15, -0.1) is 0 Å². The van der Waals surface area contributed by atoms with Crippen molar-refractivity contribution >= 4 is 25.0 Å². The van der Waals surface area contributed by atoms with Gasteiger partial charge in [0.15, 0.2) is 5.82 Å². The van der Waals surface area contributed by atoms with Crippen LogP contribution in [0.4, 0.5) is 0 Å². The minimum Gasteiger partial charge on any atom is -0.497 e. The van der Waals surface area contributed by atoms with Crippen molar-refractivity contribution in [2.75, 3.05) is 14.2 Å². The van der Waals surface area contributed by atoms with Crippen LogP contribution in [0.15, 0.2) is 126 Å². The zero-order chi connectivity index (χ0) is 36.1. The van der Waals surface area contributed by atoms with Gasteiger partial charge in [0.05, 0.1) is 26.3 Å². The van der Waals surface area contributed by atoms with Crippen molar-refractivity contribution in [3.05, 3.63) is 132 Å². The van der Waals surface area contributed by atoms with Gasteiger partial charge in [0.2, 0.25) is 0 Å². The Morgan fingerprint density at radius 3 is 1.76 bits per heavy atom. The molecule has 0 saturated heterocycles. The standard InChI is InChI=1S/C42H53N5O3Si/c1-41(2,3)51(37-15-8-6-9-16-37,38-17-10-7-11-18-38)50-36-14-12-13-33(27-36)42(44)39(43)40(45-30-46-42)47(28-31-19-23-34(48-4)24-20-31)29-32-21-25-35(49-5)26-22-32/h6-11,15-26,30,33,36H,12-14,27-29,43-44H2,1-5H3,(H,45,46). The molecule has 0 spiro atoms. The van der Waals surface area contributed by atoms with Crippen LogP contribution in [0.25, 0.3) is 0 Å². The third-order valence-electron chi connectivity index (χ3n) is 10.6. The Morgan fingerprint density at radius 2 is 1.29 bits per heavy atom. The summed E-state index contributed by atoms with van der Waals surface area (Å²) in [6, 6.07) is 37.9. The largest absolute Gasteiger partial charge is 0.497 e. The summed E-state index contributed by atoms with van der Waals surface area (Å²) in [6.45, 7) is 8.16. The predicted octanol–water partition coefficient (Wildman–Crippen LogP) is 6.26. The lowest BCUT2D eigenvalue weighted by molar-refractivity contribution is 0.0827. The molecule has 1 aliphatic heterocycles. The lowest BCUT2D eigenvalue weighted by atomic mass is 9.77. The second kappa shape index (κ2) is 15.4. The van der Waals surface area contributed by atoms with E-state index in [0.717, 1.165) is 48.3 Å². The van der Waals surface area contributed by atoms with E-state index < -0.39 is 14.0 Å². The van der Waals surface area contributed by atoms with E-state index in [1.807, 2.05) is 24.3 Å². The molecule has 51 heavy (non-hydrogen) atoms. The molecule has 3 atom stereocenters. The van der Waals surface area contributed by atoms with Gasteiger partial charge in [-0.1, -0.05) is 112 Å². The Kier molecular flexibility index (Phi) is 10.9. The lowest BCUT2D eigenvalue weighted by Gasteiger charge is -2.49. The van der Waals surface area contributed by atoms with Crippen LogP contribution in [0, 0.1) is 5.92 Å². The fourth-order valence-electron chi connectivity index (χ4n) is 7.84. The van der Waals surface area contributed by atoms with Gasteiger partial charge in [-0.3, -0.25) is 0 Å². The molecule has 0 bridgehead atoms. The summed E-state index contributed by atoms with van der Waals surface area (Å²) in [5.41, 5.74) is 16.4. The predicted molar refractivity (Wildman–Crippen MR) is 209 cm³/mol. The number of ether oxygens (including phenoxy) is 2. The molecule has 1 fully saturated rings. The van der Waals surface area contributed by atoms with Gasteiger partial charge in [0.1, 0.15) is 17.2 Å². The SMILES string of the molecule is COc1ccc(CN(Cc2ccc(OC)cc2)C2=C(N)C(N)(C3CCCC(O[Si](c4ccccc4)(c4ccccc4)C(C)(C)C)C3)NC=N2)cc1. The first-order chi connectivity index (χ1) is 24.6. The number of hydrogen-bond acceptors (Lipinski definition) is 8. The van der Waals surface area contributed by atoms with E-state index in [-0.39, 0.29) is 17.1 Å². The summed E-state index contributed by atoms with van der Waals surface area (Å²) >= 11 is 0. The van der Waals surface area contributed by atoms with Crippen molar-refractivity contribution < 1.29 is 13.9 Å². The molecule has 5 N–H and O–H groups in total. The topological polar surface area (TPSA) is 107 Å².